The van der Waals surface area contributed by atoms with E-state index >= 15 is 0 Å². The molecular formula is C9H9NO3. The lowest BCUT2D eigenvalue weighted by Gasteiger charge is -2.03. The van der Waals surface area contributed by atoms with Crippen molar-refractivity contribution in [3.63, 3.8) is 0 Å². The molecule has 0 spiro atoms. The summed E-state index contributed by atoms with van der Waals surface area (Å²) in [6.45, 7) is 1.99. The lowest BCUT2D eigenvalue weighted by molar-refractivity contribution is 0.174. The SMILES string of the molecule is CC(N=O)c1ccc2c(c1)OCO2. The topological polar surface area (TPSA) is 47.9 Å². The van der Waals surface area contributed by atoms with Gasteiger partial charge in [0.25, 0.3) is 0 Å². The second kappa shape index (κ2) is 3.05. The number of fused-ring (bicyclic) bond motifs is 1. The van der Waals surface area contributed by atoms with Gasteiger partial charge in [0, 0.05) is 0 Å². The van der Waals surface area contributed by atoms with Gasteiger partial charge >= 0.3 is 0 Å². The maximum Gasteiger partial charge on any atom is 0.231 e. The van der Waals surface area contributed by atoms with Gasteiger partial charge in [-0.25, -0.2) is 0 Å². The number of hydrogen-bond donors (Lipinski definition) is 0. The molecule has 0 aliphatic carbocycles. The second-order valence-corrected chi connectivity index (χ2v) is 2.89. The monoisotopic (exact) mass is 179 g/mol. The number of ether oxygens (including phenoxy) is 2. The minimum atomic E-state index is -0.338. The Bertz CT molecular complexity index is 338. The Balaban J connectivity index is 2.35. The zero-order chi connectivity index (χ0) is 9.26. The highest BCUT2D eigenvalue weighted by Gasteiger charge is 2.15. The van der Waals surface area contributed by atoms with E-state index in [0.29, 0.717) is 5.75 Å². The average Bonchev–Trinajstić information content (AvgIpc) is 2.63. The summed E-state index contributed by atoms with van der Waals surface area (Å²) in [7, 11) is 0. The largest absolute Gasteiger partial charge is 0.454 e. The Kier molecular flexibility index (Phi) is 1.88. The van der Waals surface area contributed by atoms with Crippen molar-refractivity contribution in [1.29, 1.82) is 0 Å². The molecule has 0 saturated heterocycles. The van der Waals surface area contributed by atoms with E-state index in [2.05, 4.69) is 5.18 Å². The molecule has 0 fully saturated rings. The van der Waals surface area contributed by atoms with Gasteiger partial charge in [-0.1, -0.05) is 11.2 Å². The highest BCUT2D eigenvalue weighted by Crippen LogP contribution is 2.34. The van der Waals surface area contributed by atoms with Crippen LogP contribution in [-0.4, -0.2) is 6.79 Å². The highest BCUT2D eigenvalue weighted by molar-refractivity contribution is 5.45. The van der Waals surface area contributed by atoms with E-state index < -0.39 is 0 Å². The van der Waals surface area contributed by atoms with E-state index in [4.69, 9.17) is 9.47 Å². The predicted molar refractivity (Wildman–Crippen MR) is 46.8 cm³/mol. The van der Waals surface area contributed by atoms with E-state index in [1.54, 1.807) is 19.1 Å². The molecule has 0 radical (unpaired) electrons. The van der Waals surface area contributed by atoms with Crippen LogP contribution >= 0.6 is 0 Å². The number of nitrogens with zero attached hydrogens (tertiary/aromatic N) is 1. The lowest BCUT2D eigenvalue weighted by Crippen LogP contribution is -1.93. The molecule has 0 aromatic heterocycles. The first kappa shape index (κ1) is 8.04. The first-order chi connectivity index (χ1) is 6.31. The summed E-state index contributed by atoms with van der Waals surface area (Å²) >= 11 is 0. The van der Waals surface area contributed by atoms with E-state index in [1.165, 1.54) is 0 Å². The van der Waals surface area contributed by atoms with Gasteiger partial charge in [0.05, 0.1) is 0 Å². The van der Waals surface area contributed by atoms with Crippen LogP contribution in [0.25, 0.3) is 0 Å². The third-order valence-electron chi connectivity index (χ3n) is 2.04. The van der Waals surface area contributed by atoms with Crippen LogP contribution in [0.1, 0.15) is 18.5 Å². The third-order valence-corrected chi connectivity index (χ3v) is 2.04. The third kappa shape index (κ3) is 1.35. The van der Waals surface area contributed by atoms with Gasteiger partial charge in [0.2, 0.25) is 6.79 Å². The molecule has 0 saturated carbocycles. The Morgan fingerprint density at radius 3 is 2.92 bits per heavy atom. The first-order valence-electron chi connectivity index (χ1n) is 4.03. The Morgan fingerprint density at radius 1 is 1.38 bits per heavy atom. The molecule has 1 aromatic carbocycles. The van der Waals surface area contributed by atoms with Gasteiger partial charge in [0.15, 0.2) is 11.5 Å². The minimum absolute atomic E-state index is 0.252. The smallest absolute Gasteiger partial charge is 0.231 e. The van der Waals surface area contributed by atoms with Crippen molar-refractivity contribution >= 4 is 0 Å². The van der Waals surface area contributed by atoms with Crippen LogP contribution in [0, 0.1) is 4.91 Å². The fourth-order valence-corrected chi connectivity index (χ4v) is 1.23. The van der Waals surface area contributed by atoms with Crippen LogP contribution in [0.5, 0.6) is 11.5 Å². The zero-order valence-electron chi connectivity index (χ0n) is 7.19. The average molecular weight is 179 g/mol. The molecule has 1 aliphatic rings. The lowest BCUT2D eigenvalue weighted by atomic mass is 10.1. The van der Waals surface area contributed by atoms with E-state index in [1.807, 2.05) is 6.07 Å². The van der Waals surface area contributed by atoms with Gasteiger partial charge in [-0.15, -0.1) is 0 Å². The summed E-state index contributed by atoms with van der Waals surface area (Å²) in [5.74, 6) is 1.41. The number of benzene rings is 1. The summed E-state index contributed by atoms with van der Waals surface area (Å²) in [4.78, 5) is 10.3. The van der Waals surface area contributed by atoms with Crippen molar-refractivity contribution in [3.8, 4) is 11.5 Å². The molecule has 2 rings (SSSR count). The number of nitroso groups, excluding NO2 is 1. The molecule has 1 atom stereocenters. The van der Waals surface area contributed by atoms with Gasteiger partial charge in [-0.3, -0.25) is 0 Å². The zero-order valence-corrected chi connectivity index (χ0v) is 7.19. The summed E-state index contributed by atoms with van der Waals surface area (Å²) in [6, 6.07) is 5.06. The van der Waals surface area contributed by atoms with Gasteiger partial charge in [-0.2, -0.15) is 4.91 Å². The van der Waals surface area contributed by atoms with E-state index in [0.717, 1.165) is 11.3 Å². The maximum atomic E-state index is 10.3. The summed E-state index contributed by atoms with van der Waals surface area (Å²) in [5.41, 5.74) is 0.847. The van der Waals surface area contributed by atoms with Crippen LogP contribution in [0.2, 0.25) is 0 Å². The molecule has 0 amide bonds. The predicted octanol–water partition coefficient (Wildman–Crippen LogP) is 2.24. The number of rotatable bonds is 2. The molecular weight excluding hydrogens is 170 g/mol. The molecule has 68 valence electrons. The fourth-order valence-electron chi connectivity index (χ4n) is 1.23. The second-order valence-electron chi connectivity index (χ2n) is 2.89. The van der Waals surface area contributed by atoms with Crippen molar-refractivity contribution in [3.05, 3.63) is 28.7 Å². The molecule has 13 heavy (non-hydrogen) atoms. The highest BCUT2D eigenvalue weighted by atomic mass is 16.7. The number of hydrogen-bond acceptors (Lipinski definition) is 4. The standard InChI is InChI=1S/C9H9NO3/c1-6(10-11)7-2-3-8-9(4-7)13-5-12-8/h2-4,6H,5H2,1H3. The maximum absolute atomic E-state index is 10.3. The van der Waals surface area contributed by atoms with Crippen molar-refractivity contribution in [2.75, 3.05) is 6.79 Å². The normalized spacial score (nSPS) is 15.5. The summed E-state index contributed by atoms with van der Waals surface area (Å²) in [6.07, 6.45) is 0. The van der Waals surface area contributed by atoms with Crippen LogP contribution in [-0.2, 0) is 0 Å². The van der Waals surface area contributed by atoms with Gasteiger partial charge in [-0.05, 0) is 24.6 Å². The molecule has 1 aromatic rings. The summed E-state index contributed by atoms with van der Waals surface area (Å²) in [5, 5.41) is 2.94. The summed E-state index contributed by atoms with van der Waals surface area (Å²) < 4.78 is 10.3. The van der Waals surface area contributed by atoms with Gasteiger partial charge in [0.1, 0.15) is 6.04 Å². The van der Waals surface area contributed by atoms with Crippen LogP contribution in [0.4, 0.5) is 0 Å². The molecule has 0 bridgehead atoms. The Morgan fingerprint density at radius 2 is 2.15 bits per heavy atom. The first-order valence-corrected chi connectivity index (χ1v) is 4.03. The fraction of sp³-hybridized carbons (Fsp3) is 0.333. The van der Waals surface area contributed by atoms with Crippen LogP contribution < -0.4 is 9.47 Å². The van der Waals surface area contributed by atoms with Crippen molar-refractivity contribution in [1.82, 2.24) is 0 Å². The molecule has 0 N–H and O–H groups in total. The van der Waals surface area contributed by atoms with Crippen molar-refractivity contribution < 1.29 is 9.47 Å². The van der Waals surface area contributed by atoms with Crippen molar-refractivity contribution in [2.24, 2.45) is 5.18 Å². The molecule has 1 unspecified atom stereocenters. The molecule has 1 heterocycles. The molecule has 1 aliphatic heterocycles. The van der Waals surface area contributed by atoms with Crippen LogP contribution in [0.3, 0.4) is 0 Å². The van der Waals surface area contributed by atoms with E-state index in [-0.39, 0.29) is 12.8 Å². The van der Waals surface area contributed by atoms with Crippen molar-refractivity contribution in [2.45, 2.75) is 13.0 Å². The molecule has 4 nitrogen and oxygen atoms in total. The van der Waals surface area contributed by atoms with Gasteiger partial charge < -0.3 is 9.47 Å². The molecule has 4 heteroatoms. The Labute approximate surface area is 75.4 Å². The minimum Gasteiger partial charge on any atom is -0.454 e. The Hall–Kier alpha value is -1.58. The van der Waals surface area contributed by atoms with E-state index in [9.17, 15) is 4.91 Å². The quantitative estimate of drug-likeness (QED) is 0.654. The van der Waals surface area contributed by atoms with Crippen LogP contribution in [0.15, 0.2) is 23.4 Å².